The maximum atomic E-state index is 13.3. The summed E-state index contributed by atoms with van der Waals surface area (Å²) < 4.78 is 79.4. The van der Waals surface area contributed by atoms with Crippen molar-refractivity contribution in [3.05, 3.63) is 75.0 Å². The molecule has 2 rings (SSSR count). The fourth-order valence-electron chi connectivity index (χ4n) is 2.18. The predicted octanol–water partition coefficient (Wildman–Crippen LogP) is 5.92. The van der Waals surface area contributed by atoms with Gasteiger partial charge in [0, 0.05) is 4.47 Å². The molecule has 1 N–H and O–H groups in total. The molecule has 0 aromatic heterocycles. The second-order valence-electron chi connectivity index (χ2n) is 5.22. The Morgan fingerprint density at radius 3 is 2.12 bits per heavy atom. The molecule has 0 aliphatic carbocycles. The summed E-state index contributed by atoms with van der Waals surface area (Å²) in [5.41, 5.74) is -0.664. The lowest BCUT2D eigenvalue weighted by Gasteiger charge is -2.17. The second kappa shape index (κ2) is 7.53. The molecule has 2 aromatic carbocycles. The van der Waals surface area contributed by atoms with E-state index in [4.69, 9.17) is 5.11 Å². The Morgan fingerprint density at radius 2 is 1.65 bits per heavy atom. The van der Waals surface area contributed by atoms with Crippen LogP contribution in [0.3, 0.4) is 0 Å². The van der Waals surface area contributed by atoms with Gasteiger partial charge in [0.05, 0.1) is 11.5 Å². The Morgan fingerprint density at radius 1 is 1.08 bits per heavy atom. The van der Waals surface area contributed by atoms with Crippen LogP contribution < -0.4 is 0 Å². The molecular weight excluding hydrogens is 430 g/mol. The van der Waals surface area contributed by atoms with Crippen LogP contribution in [0.15, 0.2) is 40.9 Å². The van der Waals surface area contributed by atoms with Crippen LogP contribution in [0.2, 0.25) is 0 Å². The topological polar surface area (TPSA) is 37.3 Å². The van der Waals surface area contributed by atoms with Crippen LogP contribution in [0.5, 0.6) is 0 Å². The normalized spacial score (nSPS) is 13.2. The quantitative estimate of drug-likeness (QED) is 0.474. The van der Waals surface area contributed by atoms with Crippen molar-refractivity contribution in [1.82, 2.24) is 0 Å². The van der Waals surface area contributed by atoms with Gasteiger partial charge in [-0.25, -0.2) is 18.0 Å². The Labute approximate surface area is 151 Å². The molecule has 0 fully saturated rings. The number of carbonyl (C=O) groups is 1. The van der Waals surface area contributed by atoms with Gasteiger partial charge >= 0.3 is 12.1 Å². The Balaban J connectivity index is 2.42. The van der Waals surface area contributed by atoms with Crippen LogP contribution in [0.4, 0.5) is 26.3 Å². The number of allylic oxidation sites excluding steroid dienone is 1. The van der Waals surface area contributed by atoms with Gasteiger partial charge in [0.1, 0.15) is 0 Å². The van der Waals surface area contributed by atoms with Crippen LogP contribution >= 0.6 is 15.9 Å². The van der Waals surface area contributed by atoms with Crippen molar-refractivity contribution in [1.29, 1.82) is 0 Å². The third kappa shape index (κ3) is 4.46. The van der Waals surface area contributed by atoms with Crippen molar-refractivity contribution < 1.29 is 36.2 Å². The van der Waals surface area contributed by atoms with Crippen molar-refractivity contribution in [3.8, 4) is 0 Å². The van der Waals surface area contributed by atoms with Gasteiger partial charge in [-0.15, -0.1) is 0 Å². The van der Waals surface area contributed by atoms with Crippen LogP contribution in [-0.4, -0.2) is 17.3 Å². The lowest BCUT2D eigenvalue weighted by molar-refractivity contribution is -0.139. The highest BCUT2D eigenvalue weighted by molar-refractivity contribution is 9.10. The summed E-state index contributed by atoms with van der Waals surface area (Å²) in [7, 11) is 0. The Bertz CT molecular complexity index is 853. The average Bonchev–Trinajstić information content (AvgIpc) is 2.51. The number of halogens is 7. The smallest absolute Gasteiger partial charge is 0.399 e. The summed E-state index contributed by atoms with van der Waals surface area (Å²) in [4.78, 5) is 10.9. The van der Waals surface area contributed by atoms with E-state index in [2.05, 4.69) is 15.9 Å². The summed E-state index contributed by atoms with van der Waals surface area (Å²) in [6, 6.07) is 4.30. The van der Waals surface area contributed by atoms with Crippen LogP contribution in [0.25, 0.3) is 6.08 Å². The first-order chi connectivity index (χ1) is 12.0. The van der Waals surface area contributed by atoms with Gasteiger partial charge in [0.2, 0.25) is 0 Å². The summed E-state index contributed by atoms with van der Waals surface area (Å²) in [6.07, 6.45) is -3.21. The minimum Gasteiger partial charge on any atom is -0.478 e. The van der Waals surface area contributed by atoms with Gasteiger partial charge in [-0.3, -0.25) is 0 Å². The molecule has 26 heavy (non-hydrogen) atoms. The zero-order chi connectivity index (χ0) is 19.6. The van der Waals surface area contributed by atoms with Crippen molar-refractivity contribution in [3.63, 3.8) is 0 Å². The van der Waals surface area contributed by atoms with Gasteiger partial charge in [0.25, 0.3) is 0 Å². The molecule has 1 atom stereocenters. The molecular formula is C17H9BrF6O2. The molecule has 0 amide bonds. The Kier molecular flexibility index (Phi) is 5.80. The molecule has 0 heterocycles. The standard InChI is InChI=1S/C17H9BrF6O2/c18-12-5-8(1-3-10(12)16(25)26)2-4-11(17(22,23)24)9-6-13(19)15(21)14(20)7-9/h1-7,11H,(H,25,26)/b4-2+. The summed E-state index contributed by atoms with van der Waals surface area (Å²) in [5, 5.41) is 8.91. The number of carboxylic acids is 1. The first kappa shape index (κ1) is 20.0. The summed E-state index contributed by atoms with van der Waals surface area (Å²) >= 11 is 2.99. The van der Waals surface area contributed by atoms with Crippen molar-refractivity contribution in [2.24, 2.45) is 0 Å². The number of carboxylic acid groups (broad SMARTS) is 1. The second-order valence-corrected chi connectivity index (χ2v) is 6.08. The number of hydrogen-bond acceptors (Lipinski definition) is 1. The molecule has 0 bridgehead atoms. The van der Waals surface area contributed by atoms with Gasteiger partial charge < -0.3 is 5.11 Å². The van der Waals surface area contributed by atoms with Gasteiger partial charge in [-0.05, 0) is 51.3 Å². The zero-order valence-corrected chi connectivity index (χ0v) is 14.2. The van der Waals surface area contributed by atoms with Crippen molar-refractivity contribution in [2.45, 2.75) is 12.1 Å². The molecule has 138 valence electrons. The van der Waals surface area contributed by atoms with E-state index >= 15 is 0 Å². The lowest BCUT2D eigenvalue weighted by Crippen LogP contribution is -2.19. The molecule has 0 aliphatic rings. The fourth-order valence-corrected chi connectivity index (χ4v) is 2.75. The largest absolute Gasteiger partial charge is 0.478 e. The molecule has 0 radical (unpaired) electrons. The van der Waals surface area contributed by atoms with E-state index in [9.17, 15) is 31.1 Å². The SMILES string of the molecule is O=C(O)c1ccc(/C=C/C(c2cc(F)c(F)c(F)c2)C(F)(F)F)cc1Br. The van der Waals surface area contributed by atoms with E-state index in [1.807, 2.05) is 0 Å². The van der Waals surface area contributed by atoms with E-state index in [-0.39, 0.29) is 27.7 Å². The first-order valence-corrected chi connectivity index (χ1v) is 7.72. The van der Waals surface area contributed by atoms with Crippen LogP contribution in [0, 0.1) is 17.5 Å². The Hall–Kier alpha value is -2.29. The highest BCUT2D eigenvalue weighted by Gasteiger charge is 2.39. The van der Waals surface area contributed by atoms with Gasteiger partial charge in [-0.1, -0.05) is 18.2 Å². The number of benzene rings is 2. The summed E-state index contributed by atoms with van der Waals surface area (Å²) in [5.74, 6) is -8.91. The van der Waals surface area contributed by atoms with E-state index in [1.165, 1.54) is 18.2 Å². The van der Waals surface area contributed by atoms with Crippen molar-refractivity contribution >= 4 is 28.0 Å². The third-order valence-corrected chi connectivity index (χ3v) is 4.08. The minimum absolute atomic E-state index is 0.0859. The molecule has 1 unspecified atom stereocenters. The maximum absolute atomic E-state index is 13.3. The highest BCUT2D eigenvalue weighted by Crippen LogP contribution is 2.37. The van der Waals surface area contributed by atoms with E-state index in [0.29, 0.717) is 6.08 Å². The number of aromatic carboxylic acids is 1. The summed E-state index contributed by atoms with van der Waals surface area (Å²) in [6.45, 7) is 0. The van der Waals surface area contributed by atoms with Crippen LogP contribution in [0.1, 0.15) is 27.4 Å². The van der Waals surface area contributed by atoms with Crippen LogP contribution in [-0.2, 0) is 0 Å². The van der Waals surface area contributed by atoms with E-state index in [1.54, 1.807) is 0 Å². The predicted molar refractivity (Wildman–Crippen MR) is 85.2 cm³/mol. The molecule has 9 heteroatoms. The van der Waals surface area contributed by atoms with Crippen molar-refractivity contribution in [2.75, 3.05) is 0 Å². The number of alkyl halides is 3. The van der Waals surface area contributed by atoms with Gasteiger partial charge in [-0.2, -0.15) is 13.2 Å². The fraction of sp³-hybridized carbons (Fsp3) is 0.118. The first-order valence-electron chi connectivity index (χ1n) is 6.93. The molecule has 2 aromatic rings. The third-order valence-electron chi connectivity index (χ3n) is 3.42. The van der Waals surface area contributed by atoms with Gasteiger partial charge in [0.15, 0.2) is 17.5 Å². The monoisotopic (exact) mass is 438 g/mol. The maximum Gasteiger partial charge on any atom is 0.399 e. The van der Waals surface area contributed by atoms with E-state index in [0.717, 1.165) is 6.08 Å². The lowest BCUT2D eigenvalue weighted by atomic mass is 9.96. The highest BCUT2D eigenvalue weighted by atomic mass is 79.9. The average molecular weight is 439 g/mol. The molecule has 0 spiro atoms. The minimum atomic E-state index is -4.88. The number of rotatable bonds is 4. The van der Waals surface area contributed by atoms with E-state index < -0.39 is 41.1 Å². The zero-order valence-electron chi connectivity index (χ0n) is 12.6. The molecule has 2 nitrogen and oxygen atoms in total. The molecule has 0 saturated heterocycles. The number of hydrogen-bond donors (Lipinski definition) is 1. The molecule has 0 aliphatic heterocycles. The molecule has 0 saturated carbocycles.